The number of anilines is 1. The molecule has 3 aromatic rings. The van der Waals surface area contributed by atoms with Crippen LogP contribution < -0.4 is 10.2 Å². The molecule has 1 amide bonds. The van der Waals surface area contributed by atoms with Crippen LogP contribution in [-0.2, 0) is 6.54 Å². The molecular formula is C20H24N4O. The monoisotopic (exact) mass is 336 g/mol. The highest BCUT2D eigenvalue weighted by Crippen LogP contribution is 2.24. The van der Waals surface area contributed by atoms with E-state index < -0.39 is 0 Å². The summed E-state index contributed by atoms with van der Waals surface area (Å²) in [6.07, 6.45) is 1.68. The minimum atomic E-state index is -0.146. The number of H-pyrrole nitrogens is 1. The number of aryl methyl sites for hydroxylation is 1. The van der Waals surface area contributed by atoms with E-state index in [4.69, 9.17) is 0 Å². The molecule has 25 heavy (non-hydrogen) atoms. The van der Waals surface area contributed by atoms with Crippen LogP contribution in [0.5, 0.6) is 0 Å². The molecule has 0 aliphatic rings. The van der Waals surface area contributed by atoms with Gasteiger partial charge in [-0.2, -0.15) is 0 Å². The topological polar surface area (TPSA) is 61.0 Å². The molecule has 0 bridgehead atoms. The summed E-state index contributed by atoms with van der Waals surface area (Å²) in [5.74, 6) is -0.146. The lowest BCUT2D eigenvalue weighted by Crippen LogP contribution is -2.31. The third-order valence-electron chi connectivity index (χ3n) is 4.30. The van der Waals surface area contributed by atoms with Crippen LogP contribution in [0.3, 0.4) is 0 Å². The Morgan fingerprint density at radius 3 is 2.76 bits per heavy atom. The Morgan fingerprint density at radius 2 is 2.04 bits per heavy atom. The van der Waals surface area contributed by atoms with Crippen molar-refractivity contribution in [3.8, 4) is 0 Å². The Kier molecular flexibility index (Phi) is 4.74. The predicted octanol–water partition coefficient (Wildman–Crippen LogP) is 3.65. The van der Waals surface area contributed by atoms with Gasteiger partial charge < -0.3 is 15.2 Å². The molecule has 0 aliphatic heterocycles. The Bertz CT molecular complexity index is 898. The number of carbonyl (C=O) groups excluding carboxylic acids is 1. The number of para-hydroxylation sites is 1. The summed E-state index contributed by atoms with van der Waals surface area (Å²) in [6, 6.07) is 12.1. The van der Waals surface area contributed by atoms with Gasteiger partial charge in [0.05, 0.1) is 6.54 Å². The molecule has 1 aromatic carbocycles. The molecule has 2 heterocycles. The minimum absolute atomic E-state index is 0.0877. The standard InChI is InChI=1S/C20H24N4O/c1-13(2)22-20(25)18-11-15(9-10-21-18)24(4)12-19-14(3)16-7-5-6-8-17(16)23-19/h5-11,13,23H,12H2,1-4H3,(H,22,25). The quantitative estimate of drug-likeness (QED) is 0.748. The van der Waals surface area contributed by atoms with E-state index in [0.717, 1.165) is 17.7 Å². The number of hydrogen-bond acceptors (Lipinski definition) is 3. The molecule has 0 spiro atoms. The number of fused-ring (bicyclic) bond motifs is 1. The summed E-state index contributed by atoms with van der Waals surface area (Å²) in [6.45, 7) is 6.74. The summed E-state index contributed by atoms with van der Waals surface area (Å²) in [7, 11) is 2.02. The van der Waals surface area contributed by atoms with E-state index in [9.17, 15) is 4.79 Å². The molecule has 0 atom stereocenters. The van der Waals surface area contributed by atoms with Crippen molar-refractivity contribution in [2.75, 3.05) is 11.9 Å². The average Bonchev–Trinajstić information content (AvgIpc) is 2.90. The van der Waals surface area contributed by atoms with Crippen LogP contribution in [0.25, 0.3) is 10.9 Å². The molecule has 5 heteroatoms. The summed E-state index contributed by atoms with van der Waals surface area (Å²) >= 11 is 0. The first-order valence-corrected chi connectivity index (χ1v) is 8.50. The highest BCUT2D eigenvalue weighted by atomic mass is 16.1. The Morgan fingerprint density at radius 1 is 1.28 bits per heavy atom. The van der Waals surface area contributed by atoms with Crippen molar-refractivity contribution in [1.29, 1.82) is 0 Å². The van der Waals surface area contributed by atoms with Crippen molar-refractivity contribution in [2.24, 2.45) is 0 Å². The Balaban J connectivity index is 1.82. The van der Waals surface area contributed by atoms with Crippen molar-refractivity contribution in [2.45, 2.75) is 33.4 Å². The first-order chi connectivity index (χ1) is 12.0. The van der Waals surface area contributed by atoms with Crippen molar-refractivity contribution in [3.05, 3.63) is 59.5 Å². The van der Waals surface area contributed by atoms with Gasteiger partial charge in [-0.15, -0.1) is 0 Å². The number of aromatic nitrogens is 2. The number of rotatable bonds is 5. The molecule has 5 nitrogen and oxygen atoms in total. The number of aromatic amines is 1. The van der Waals surface area contributed by atoms with E-state index in [2.05, 4.69) is 45.3 Å². The van der Waals surface area contributed by atoms with Crippen molar-refractivity contribution >= 4 is 22.5 Å². The number of benzene rings is 1. The fourth-order valence-corrected chi connectivity index (χ4v) is 2.94. The first kappa shape index (κ1) is 17.0. The van der Waals surface area contributed by atoms with Gasteiger partial charge in [0.25, 0.3) is 5.91 Å². The highest BCUT2D eigenvalue weighted by Gasteiger charge is 2.13. The molecule has 3 rings (SSSR count). The zero-order valence-electron chi connectivity index (χ0n) is 15.1. The summed E-state index contributed by atoms with van der Waals surface area (Å²) in [5, 5.41) is 4.12. The van der Waals surface area contributed by atoms with E-state index >= 15 is 0 Å². The molecule has 0 unspecified atom stereocenters. The maximum Gasteiger partial charge on any atom is 0.270 e. The number of hydrogen-bond donors (Lipinski definition) is 2. The van der Waals surface area contributed by atoms with Gasteiger partial charge in [0.15, 0.2) is 0 Å². The van der Waals surface area contributed by atoms with E-state index in [1.54, 1.807) is 6.20 Å². The molecular weight excluding hydrogens is 312 g/mol. The lowest BCUT2D eigenvalue weighted by Gasteiger charge is -2.19. The second kappa shape index (κ2) is 6.97. The number of nitrogens with zero attached hydrogens (tertiary/aromatic N) is 2. The maximum atomic E-state index is 12.2. The van der Waals surface area contributed by atoms with Gasteiger partial charge >= 0.3 is 0 Å². The Labute approximate surface area is 148 Å². The molecule has 0 aliphatic carbocycles. The van der Waals surface area contributed by atoms with Crippen LogP contribution >= 0.6 is 0 Å². The summed E-state index contributed by atoms with van der Waals surface area (Å²) in [5.41, 5.74) is 4.98. The van der Waals surface area contributed by atoms with Gasteiger partial charge in [0.1, 0.15) is 5.69 Å². The summed E-state index contributed by atoms with van der Waals surface area (Å²) in [4.78, 5) is 22.0. The molecule has 0 saturated carbocycles. The van der Waals surface area contributed by atoms with E-state index in [1.165, 1.54) is 16.6 Å². The van der Waals surface area contributed by atoms with Gasteiger partial charge in [0.2, 0.25) is 0 Å². The largest absolute Gasteiger partial charge is 0.369 e. The van der Waals surface area contributed by atoms with E-state index in [1.807, 2.05) is 39.1 Å². The van der Waals surface area contributed by atoms with Crippen molar-refractivity contribution < 1.29 is 4.79 Å². The van der Waals surface area contributed by atoms with Crippen LogP contribution in [0.1, 0.15) is 35.6 Å². The zero-order valence-corrected chi connectivity index (χ0v) is 15.1. The van der Waals surface area contributed by atoms with Gasteiger partial charge in [-0.05, 0) is 44.5 Å². The normalized spacial score (nSPS) is 11.1. The number of amides is 1. The third kappa shape index (κ3) is 3.65. The molecule has 0 fully saturated rings. The fourth-order valence-electron chi connectivity index (χ4n) is 2.94. The smallest absolute Gasteiger partial charge is 0.270 e. The van der Waals surface area contributed by atoms with Gasteiger partial charge in [-0.25, -0.2) is 0 Å². The lowest BCUT2D eigenvalue weighted by atomic mass is 10.1. The Hall–Kier alpha value is -2.82. The molecule has 2 N–H and O–H groups in total. The second-order valence-corrected chi connectivity index (χ2v) is 6.66. The van der Waals surface area contributed by atoms with Crippen LogP contribution in [0.2, 0.25) is 0 Å². The molecule has 0 radical (unpaired) electrons. The SMILES string of the molecule is Cc1c(CN(C)c2ccnc(C(=O)NC(C)C)c2)[nH]c2ccccc12. The van der Waals surface area contributed by atoms with Crippen LogP contribution in [0.15, 0.2) is 42.6 Å². The zero-order chi connectivity index (χ0) is 18.0. The number of carbonyl (C=O) groups is 1. The van der Waals surface area contributed by atoms with Gasteiger partial charge in [0, 0.05) is 41.6 Å². The number of nitrogens with one attached hydrogen (secondary N) is 2. The maximum absolute atomic E-state index is 12.2. The molecule has 130 valence electrons. The highest BCUT2D eigenvalue weighted by molar-refractivity contribution is 5.93. The molecule has 0 saturated heterocycles. The third-order valence-corrected chi connectivity index (χ3v) is 4.30. The fraction of sp³-hybridized carbons (Fsp3) is 0.300. The molecule has 2 aromatic heterocycles. The average molecular weight is 336 g/mol. The van der Waals surface area contributed by atoms with E-state index in [-0.39, 0.29) is 11.9 Å². The van der Waals surface area contributed by atoms with Crippen molar-refractivity contribution in [3.63, 3.8) is 0 Å². The summed E-state index contributed by atoms with van der Waals surface area (Å²) < 4.78 is 0. The predicted molar refractivity (Wildman–Crippen MR) is 102 cm³/mol. The first-order valence-electron chi connectivity index (χ1n) is 8.50. The lowest BCUT2D eigenvalue weighted by molar-refractivity contribution is 0.0938. The van der Waals surface area contributed by atoms with Gasteiger partial charge in [-0.1, -0.05) is 18.2 Å². The van der Waals surface area contributed by atoms with Crippen LogP contribution in [0, 0.1) is 6.92 Å². The number of pyridine rings is 1. The van der Waals surface area contributed by atoms with Gasteiger partial charge in [-0.3, -0.25) is 9.78 Å². The second-order valence-electron chi connectivity index (χ2n) is 6.66. The van der Waals surface area contributed by atoms with Crippen LogP contribution in [-0.4, -0.2) is 29.0 Å². The minimum Gasteiger partial charge on any atom is -0.369 e. The van der Waals surface area contributed by atoms with Crippen molar-refractivity contribution in [1.82, 2.24) is 15.3 Å². The van der Waals surface area contributed by atoms with Crippen LogP contribution in [0.4, 0.5) is 5.69 Å². The van der Waals surface area contributed by atoms with E-state index in [0.29, 0.717) is 5.69 Å².